The number of aryl methyl sites for hydroxylation is 2. The molecule has 0 bridgehead atoms. The Labute approximate surface area is 248 Å². The lowest BCUT2D eigenvalue weighted by atomic mass is 10.1. The molecule has 2 aromatic rings. The highest BCUT2D eigenvalue weighted by Gasteiger charge is 2.45. The van der Waals surface area contributed by atoms with Crippen molar-refractivity contribution < 1.29 is 42.8 Å². The summed E-state index contributed by atoms with van der Waals surface area (Å²) in [5.74, 6) is 0.240. The third-order valence-corrected chi connectivity index (χ3v) is 6.05. The van der Waals surface area contributed by atoms with Gasteiger partial charge >= 0.3 is 18.2 Å². The van der Waals surface area contributed by atoms with Crippen LogP contribution < -0.4 is 9.47 Å². The Hall–Kier alpha value is -3.79. The van der Waals surface area contributed by atoms with E-state index in [4.69, 9.17) is 28.4 Å². The van der Waals surface area contributed by atoms with Gasteiger partial charge in [-0.3, -0.25) is 0 Å². The van der Waals surface area contributed by atoms with Gasteiger partial charge in [0.25, 0.3) is 0 Å². The molecule has 10 heteroatoms. The summed E-state index contributed by atoms with van der Waals surface area (Å²) in [7, 11) is 0. The Balaban J connectivity index is 1.96. The Morgan fingerprint density at radius 2 is 1.21 bits per heavy atom. The lowest BCUT2D eigenvalue weighted by Gasteiger charge is -2.33. The fraction of sp³-hybridized carbons (Fsp3) is 0.531. The first kappa shape index (κ1) is 32.7. The Kier molecular flexibility index (Phi) is 10.5. The number of rotatable bonds is 5. The van der Waals surface area contributed by atoms with Gasteiger partial charge in [-0.15, -0.1) is 0 Å². The van der Waals surface area contributed by atoms with Gasteiger partial charge in [0.2, 0.25) is 0 Å². The van der Waals surface area contributed by atoms with Gasteiger partial charge in [-0.2, -0.15) is 4.90 Å². The molecule has 0 radical (unpaired) electrons. The molecule has 0 N–H and O–H groups in total. The Bertz CT molecular complexity index is 1180. The van der Waals surface area contributed by atoms with Gasteiger partial charge in [0, 0.05) is 0 Å². The third-order valence-electron chi connectivity index (χ3n) is 6.05. The van der Waals surface area contributed by atoms with E-state index in [2.05, 4.69) is 0 Å². The molecule has 1 aliphatic heterocycles. The van der Waals surface area contributed by atoms with Crippen LogP contribution in [0.25, 0.3) is 0 Å². The van der Waals surface area contributed by atoms with Gasteiger partial charge in [0.05, 0.1) is 13.2 Å². The number of benzene rings is 2. The quantitative estimate of drug-likeness (QED) is 0.308. The van der Waals surface area contributed by atoms with E-state index in [1.165, 1.54) is 0 Å². The van der Waals surface area contributed by atoms with E-state index < -0.39 is 53.7 Å². The second-order valence-electron chi connectivity index (χ2n) is 12.4. The number of imide groups is 1. The maximum atomic E-state index is 13.6. The van der Waals surface area contributed by atoms with Crippen molar-refractivity contribution in [2.24, 2.45) is 0 Å². The lowest BCUT2D eigenvalue weighted by Crippen LogP contribution is -2.54. The summed E-state index contributed by atoms with van der Waals surface area (Å²) in [6.07, 6.45) is -4.54. The van der Waals surface area contributed by atoms with Crippen LogP contribution in [0.3, 0.4) is 0 Å². The first-order valence-corrected chi connectivity index (χ1v) is 14.0. The van der Waals surface area contributed by atoms with Crippen LogP contribution in [0.2, 0.25) is 0 Å². The van der Waals surface area contributed by atoms with Crippen molar-refractivity contribution in [3.8, 4) is 11.5 Å². The molecule has 1 heterocycles. The molecule has 0 aromatic heterocycles. The molecule has 0 saturated carbocycles. The summed E-state index contributed by atoms with van der Waals surface area (Å²) < 4.78 is 35.3. The first-order valence-electron chi connectivity index (χ1n) is 14.0. The van der Waals surface area contributed by atoms with Gasteiger partial charge in [-0.05, 0) is 86.6 Å². The van der Waals surface area contributed by atoms with Crippen molar-refractivity contribution in [2.75, 3.05) is 13.2 Å². The van der Waals surface area contributed by atoms with Gasteiger partial charge in [-0.25, -0.2) is 14.4 Å². The smallest absolute Gasteiger partial charge is 0.420 e. The van der Waals surface area contributed by atoms with Crippen molar-refractivity contribution in [2.45, 2.75) is 97.9 Å². The number of esters is 1. The van der Waals surface area contributed by atoms with Crippen molar-refractivity contribution in [3.05, 3.63) is 59.7 Å². The number of amides is 2. The molecule has 0 unspecified atom stereocenters. The summed E-state index contributed by atoms with van der Waals surface area (Å²) in [4.78, 5) is 40.7. The van der Waals surface area contributed by atoms with Crippen LogP contribution in [0.1, 0.15) is 59.6 Å². The second-order valence-corrected chi connectivity index (χ2v) is 12.4. The molecule has 42 heavy (non-hydrogen) atoms. The minimum Gasteiger partial charge on any atom is -0.484 e. The Morgan fingerprint density at radius 3 is 1.67 bits per heavy atom. The molecule has 1 saturated heterocycles. The highest BCUT2D eigenvalue weighted by atomic mass is 16.6. The number of carbonyl (C=O) groups excluding carboxylic acids is 3. The van der Waals surface area contributed by atoms with Crippen LogP contribution in [-0.2, 0) is 23.7 Å². The number of hydrogen-bond acceptors (Lipinski definition) is 9. The van der Waals surface area contributed by atoms with E-state index in [1.54, 1.807) is 48.5 Å². The molecule has 0 aliphatic carbocycles. The predicted molar refractivity (Wildman–Crippen MR) is 156 cm³/mol. The summed E-state index contributed by atoms with van der Waals surface area (Å²) in [5.41, 5.74) is 0.219. The monoisotopic (exact) mass is 585 g/mol. The number of cyclic esters (lactones) is 1. The molecule has 4 atom stereocenters. The average Bonchev–Trinajstić information content (AvgIpc) is 2.90. The van der Waals surface area contributed by atoms with Crippen LogP contribution in [0.5, 0.6) is 11.5 Å². The van der Waals surface area contributed by atoms with Crippen molar-refractivity contribution in [3.63, 3.8) is 0 Å². The molecule has 1 fully saturated rings. The van der Waals surface area contributed by atoms with Gasteiger partial charge in [0.15, 0.2) is 18.2 Å². The summed E-state index contributed by atoms with van der Waals surface area (Å²) >= 11 is 0. The predicted octanol–water partition coefficient (Wildman–Crippen LogP) is 6.00. The van der Waals surface area contributed by atoms with Crippen molar-refractivity contribution in [1.82, 2.24) is 4.90 Å². The van der Waals surface area contributed by atoms with Gasteiger partial charge < -0.3 is 28.4 Å². The van der Waals surface area contributed by atoms with Gasteiger partial charge in [-0.1, -0.05) is 35.4 Å². The highest BCUT2D eigenvalue weighted by molar-refractivity contribution is 5.94. The van der Waals surface area contributed by atoms with E-state index in [1.807, 2.05) is 62.4 Å². The molecular formula is C32H43NO9. The standard InChI is InChI=1S/C32H43NO9/c1-20-10-14-23(15-11-20)39-26-19-37-18-25(33(29(35)41-31(4,5)6)30(36)42-32(7,8)9)28(34)38-22(3)27(26)40-24-16-12-21(2)13-17-24/h10-17,22,25-27H,18-19H2,1-9H3/t22-,25-,26-,27-/m0/s1. The maximum absolute atomic E-state index is 13.6. The lowest BCUT2D eigenvalue weighted by molar-refractivity contribution is -0.160. The summed E-state index contributed by atoms with van der Waals surface area (Å²) in [6, 6.07) is 13.4. The molecule has 2 aromatic carbocycles. The summed E-state index contributed by atoms with van der Waals surface area (Å²) in [5, 5.41) is 0. The summed E-state index contributed by atoms with van der Waals surface area (Å²) in [6.45, 7) is 15.1. The second kappa shape index (κ2) is 13.5. The van der Waals surface area contributed by atoms with Crippen molar-refractivity contribution in [1.29, 1.82) is 0 Å². The molecular weight excluding hydrogens is 542 g/mol. The van der Waals surface area contributed by atoms with Crippen LogP contribution in [-0.4, -0.2) is 71.8 Å². The van der Waals surface area contributed by atoms with Crippen molar-refractivity contribution >= 4 is 18.2 Å². The molecule has 0 spiro atoms. The van der Waals surface area contributed by atoms with Crippen LogP contribution in [0.15, 0.2) is 48.5 Å². The molecule has 3 rings (SSSR count). The largest absolute Gasteiger partial charge is 0.484 e. The van der Waals surface area contributed by atoms with Gasteiger partial charge in [0.1, 0.15) is 28.8 Å². The molecule has 1 aliphatic rings. The van der Waals surface area contributed by atoms with E-state index >= 15 is 0 Å². The number of ether oxygens (including phenoxy) is 6. The van der Waals surface area contributed by atoms with E-state index in [0.717, 1.165) is 11.1 Å². The highest BCUT2D eigenvalue weighted by Crippen LogP contribution is 2.25. The maximum Gasteiger partial charge on any atom is 0.420 e. The Morgan fingerprint density at radius 1 is 0.762 bits per heavy atom. The molecule has 2 amide bonds. The van der Waals surface area contributed by atoms with E-state index in [-0.39, 0.29) is 13.2 Å². The minimum atomic E-state index is -1.49. The van der Waals surface area contributed by atoms with Crippen LogP contribution in [0.4, 0.5) is 9.59 Å². The molecule has 230 valence electrons. The third kappa shape index (κ3) is 9.65. The zero-order valence-electron chi connectivity index (χ0n) is 26.0. The zero-order valence-corrected chi connectivity index (χ0v) is 26.0. The molecule has 10 nitrogen and oxygen atoms in total. The fourth-order valence-electron chi connectivity index (χ4n) is 4.06. The van der Waals surface area contributed by atoms with Crippen LogP contribution in [0, 0.1) is 13.8 Å². The number of hydrogen-bond donors (Lipinski definition) is 0. The fourth-order valence-corrected chi connectivity index (χ4v) is 4.06. The van der Waals surface area contributed by atoms with E-state index in [9.17, 15) is 14.4 Å². The number of nitrogens with zero attached hydrogens (tertiary/aromatic N) is 1. The zero-order chi connectivity index (χ0) is 31.2. The average molecular weight is 586 g/mol. The topological polar surface area (TPSA) is 110 Å². The number of carbonyl (C=O) groups is 3. The van der Waals surface area contributed by atoms with Crippen LogP contribution >= 0.6 is 0 Å². The normalized spacial score (nSPS) is 21.6. The first-order chi connectivity index (χ1) is 19.5. The van der Waals surface area contributed by atoms with E-state index in [0.29, 0.717) is 16.4 Å². The SMILES string of the molecule is Cc1ccc(O[C@H]2[C@H](C)OC(=O)[C@@H](N(C(=O)OC(C)(C)C)C(=O)OC(C)(C)C)COC[C@@H]2Oc2ccc(C)cc2)cc1. The minimum absolute atomic E-state index is 0.0433.